The fourth-order valence-corrected chi connectivity index (χ4v) is 1.79. The van der Waals surface area contributed by atoms with E-state index in [1.807, 2.05) is 6.92 Å². The predicted octanol–water partition coefficient (Wildman–Crippen LogP) is 3.61. The first-order chi connectivity index (χ1) is 9.45. The lowest BCUT2D eigenvalue weighted by Gasteiger charge is -2.12. The normalized spacial score (nSPS) is 10.7. The van der Waals surface area contributed by atoms with Gasteiger partial charge in [-0.1, -0.05) is 0 Å². The van der Waals surface area contributed by atoms with Crippen LogP contribution in [-0.2, 0) is 0 Å². The van der Waals surface area contributed by atoms with Crippen LogP contribution in [0.1, 0.15) is 18.3 Å². The second-order valence-corrected chi connectivity index (χ2v) is 4.34. The maximum absolute atomic E-state index is 13.9. The lowest BCUT2D eigenvalue weighted by Crippen LogP contribution is -2.07. The van der Waals surface area contributed by atoms with Gasteiger partial charge in [0.25, 0.3) is 0 Å². The molecule has 0 radical (unpaired) electrons. The summed E-state index contributed by atoms with van der Waals surface area (Å²) in [5.74, 6) is -3.65. The minimum atomic E-state index is -1.51. The average molecular weight is 281 g/mol. The Kier molecular flexibility index (Phi) is 3.92. The van der Waals surface area contributed by atoms with E-state index in [1.165, 1.54) is 0 Å². The number of halogens is 3. The molecule has 20 heavy (non-hydrogen) atoms. The van der Waals surface area contributed by atoms with Crippen LogP contribution in [0.25, 0.3) is 11.3 Å². The molecule has 0 spiro atoms. The smallest absolute Gasteiger partial charge is 0.195 e. The Hall–Kier alpha value is -2.11. The SMILES string of the molecule is CCNc1nc(C)c(C)nc1-c1ccc(F)c(F)c1F. The first kappa shape index (κ1) is 14.3. The van der Waals surface area contributed by atoms with Crippen molar-refractivity contribution >= 4 is 5.82 Å². The van der Waals surface area contributed by atoms with Crippen molar-refractivity contribution in [1.82, 2.24) is 9.97 Å². The van der Waals surface area contributed by atoms with Crippen LogP contribution in [0.2, 0.25) is 0 Å². The van der Waals surface area contributed by atoms with Crippen molar-refractivity contribution in [1.29, 1.82) is 0 Å². The molecule has 0 fully saturated rings. The molecular formula is C14H14F3N3. The summed E-state index contributed by atoms with van der Waals surface area (Å²) >= 11 is 0. The molecule has 1 aromatic heterocycles. The highest BCUT2D eigenvalue weighted by molar-refractivity contribution is 5.72. The van der Waals surface area contributed by atoms with E-state index in [0.717, 1.165) is 12.1 Å². The van der Waals surface area contributed by atoms with Crippen LogP contribution in [0.5, 0.6) is 0 Å². The Balaban J connectivity index is 2.68. The van der Waals surface area contributed by atoms with Crippen molar-refractivity contribution in [3.8, 4) is 11.3 Å². The van der Waals surface area contributed by atoms with Crippen LogP contribution in [-0.4, -0.2) is 16.5 Å². The quantitative estimate of drug-likeness (QED) is 0.873. The minimum absolute atomic E-state index is 0.115. The third kappa shape index (κ3) is 2.45. The molecule has 1 aromatic carbocycles. The molecule has 0 amide bonds. The zero-order chi connectivity index (χ0) is 14.9. The molecule has 2 aromatic rings. The summed E-state index contributed by atoms with van der Waals surface area (Å²) in [6.07, 6.45) is 0. The summed E-state index contributed by atoms with van der Waals surface area (Å²) in [5, 5.41) is 2.95. The molecule has 0 unspecified atom stereocenters. The second kappa shape index (κ2) is 5.48. The molecule has 0 aliphatic carbocycles. The second-order valence-electron chi connectivity index (χ2n) is 4.34. The maximum Gasteiger partial charge on any atom is 0.195 e. The Bertz CT molecular complexity index is 657. The van der Waals surface area contributed by atoms with E-state index in [-0.39, 0.29) is 11.3 Å². The number of anilines is 1. The molecule has 0 aliphatic rings. The van der Waals surface area contributed by atoms with Crippen molar-refractivity contribution in [3.63, 3.8) is 0 Å². The van der Waals surface area contributed by atoms with E-state index >= 15 is 0 Å². The zero-order valence-electron chi connectivity index (χ0n) is 11.4. The van der Waals surface area contributed by atoms with Gasteiger partial charge in [0.15, 0.2) is 23.3 Å². The fraction of sp³-hybridized carbons (Fsp3) is 0.286. The largest absolute Gasteiger partial charge is 0.369 e. The molecule has 0 aliphatic heterocycles. The van der Waals surface area contributed by atoms with Crippen LogP contribution >= 0.6 is 0 Å². The lowest BCUT2D eigenvalue weighted by molar-refractivity contribution is 0.449. The molecular weight excluding hydrogens is 267 g/mol. The molecule has 3 nitrogen and oxygen atoms in total. The number of hydrogen-bond acceptors (Lipinski definition) is 3. The van der Waals surface area contributed by atoms with Gasteiger partial charge in [0.2, 0.25) is 0 Å². The average Bonchev–Trinajstić information content (AvgIpc) is 2.41. The Morgan fingerprint density at radius 2 is 1.65 bits per heavy atom. The van der Waals surface area contributed by atoms with Crippen molar-refractivity contribution in [2.75, 3.05) is 11.9 Å². The Morgan fingerprint density at radius 3 is 2.30 bits per heavy atom. The molecule has 0 saturated carbocycles. The van der Waals surface area contributed by atoms with Gasteiger partial charge in [0.1, 0.15) is 5.69 Å². The number of nitrogens with one attached hydrogen (secondary N) is 1. The highest BCUT2D eigenvalue weighted by Crippen LogP contribution is 2.29. The summed E-state index contributed by atoms with van der Waals surface area (Å²) in [6.45, 7) is 5.89. The predicted molar refractivity (Wildman–Crippen MR) is 71.0 cm³/mol. The molecule has 1 N–H and O–H groups in total. The maximum atomic E-state index is 13.9. The monoisotopic (exact) mass is 281 g/mol. The van der Waals surface area contributed by atoms with Crippen LogP contribution in [0.15, 0.2) is 12.1 Å². The Morgan fingerprint density at radius 1 is 1.00 bits per heavy atom. The summed E-state index contributed by atoms with van der Waals surface area (Å²) in [7, 11) is 0. The highest BCUT2D eigenvalue weighted by atomic mass is 19.2. The lowest BCUT2D eigenvalue weighted by atomic mass is 10.1. The number of nitrogens with zero attached hydrogens (tertiary/aromatic N) is 2. The van der Waals surface area contributed by atoms with Crippen LogP contribution in [0, 0.1) is 31.3 Å². The van der Waals surface area contributed by atoms with E-state index in [4.69, 9.17) is 0 Å². The standard InChI is InChI=1S/C14H14F3N3/c1-4-18-14-13(19-7(2)8(3)20-14)9-5-6-10(15)12(17)11(9)16/h5-6H,4H2,1-3H3,(H,18,20). The van der Waals surface area contributed by atoms with E-state index < -0.39 is 17.5 Å². The third-order valence-electron chi connectivity index (χ3n) is 2.94. The van der Waals surface area contributed by atoms with E-state index in [2.05, 4.69) is 15.3 Å². The molecule has 0 atom stereocenters. The van der Waals surface area contributed by atoms with Crippen LogP contribution in [0.4, 0.5) is 19.0 Å². The molecule has 6 heteroatoms. The number of aryl methyl sites for hydroxylation is 2. The summed E-state index contributed by atoms with van der Waals surface area (Å²) in [5.41, 5.74) is 1.35. The van der Waals surface area contributed by atoms with Gasteiger partial charge < -0.3 is 5.32 Å². The van der Waals surface area contributed by atoms with Gasteiger partial charge in [-0.2, -0.15) is 0 Å². The van der Waals surface area contributed by atoms with E-state index in [0.29, 0.717) is 23.8 Å². The van der Waals surface area contributed by atoms with E-state index in [1.54, 1.807) is 13.8 Å². The van der Waals surface area contributed by atoms with Crippen LogP contribution < -0.4 is 5.32 Å². The summed E-state index contributed by atoms with van der Waals surface area (Å²) < 4.78 is 40.2. The van der Waals surface area contributed by atoms with Gasteiger partial charge in [-0.05, 0) is 32.9 Å². The van der Waals surface area contributed by atoms with Crippen molar-refractivity contribution in [3.05, 3.63) is 41.0 Å². The first-order valence-electron chi connectivity index (χ1n) is 6.18. The number of rotatable bonds is 3. The van der Waals surface area contributed by atoms with E-state index in [9.17, 15) is 13.2 Å². The summed E-state index contributed by atoms with van der Waals surface area (Å²) in [4.78, 5) is 8.51. The minimum Gasteiger partial charge on any atom is -0.369 e. The number of aromatic nitrogens is 2. The summed E-state index contributed by atoms with van der Waals surface area (Å²) in [6, 6.07) is 2.04. The van der Waals surface area contributed by atoms with Gasteiger partial charge in [0, 0.05) is 12.1 Å². The molecule has 2 rings (SSSR count). The third-order valence-corrected chi connectivity index (χ3v) is 2.94. The molecule has 0 saturated heterocycles. The van der Waals surface area contributed by atoms with Gasteiger partial charge in [-0.25, -0.2) is 23.1 Å². The zero-order valence-corrected chi connectivity index (χ0v) is 11.4. The van der Waals surface area contributed by atoms with Crippen molar-refractivity contribution in [2.45, 2.75) is 20.8 Å². The molecule has 0 bridgehead atoms. The highest BCUT2D eigenvalue weighted by Gasteiger charge is 2.19. The van der Waals surface area contributed by atoms with Gasteiger partial charge in [0.05, 0.1) is 11.4 Å². The molecule has 106 valence electrons. The Labute approximate surface area is 114 Å². The van der Waals surface area contributed by atoms with Gasteiger partial charge >= 0.3 is 0 Å². The van der Waals surface area contributed by atoms with Gasteiger partial charge in [-0.3, -0.25) is 0 Å². The first-order valence-corrected chi connectivity index (χ1v) is 6.18. The van der Waals surface area contributed by atoms with Gasteiger partial charge in [-0.15, -0.1) is 0 Å². The van der Waals surface area contributed by atoms with Crippen molar-refractivity contribution < 1.29 is 13.2 Å². The topological polar surface area (TPSA) is 37.8 Å². The number of benzene rings is 1. The van der Waals surface area contributed by atoms with Crippen LogP contribution in [0.3, 0.4) is 0 Å². The molecule has 1 heterocycles. The number of hydrogen-bond donors (Lipinski definition) is 1. The van der Waals surface area contributed by atoms with Crippen molar-refractivity contribution in [2.24, 2.45) is 0 Å². The fourth-order valence-electron chi connectivity index (χ4n) is 1.79.